The van der Waals surface area contributed by atoms with Crippen molar-refractivity contribution in [1.82, 2.24) is 0 Å². The van der Waals surface area contributed by atoms with E-state index in [1.54, 1.807) is 0 Å². The summed E-state index contributed by atoms with van der Waals surface area (Å²) >= 11 is 5.75. The second-order valence-corrected chi connectivity index (χ2v) is 7.08. The molecule has 0 amide bonds. The molecule has 0 spiro atoms. The highest BCUT2D eigenvalue weighted by molar-refractivity contribution is 7.92. The van der Waals surface area contributed by atoms with Gasteiger partial charge in [0.05, 0.1) is 5.75 Å². The van der Waals surface area contributed by atoms with Crippen LogP contribution in [0.15, 0.2) is 18.2 Å². The molecule has 1 N–H and O–H groups in total. The summed E-state index contributed by atoms with van der Waals surface area (Å²) in [6.45, 7) is 3.03. The Balaban J connectivity index is 3.11. The molecule has 0 saturated heterocycles. The minimum Gasteiger partial charge on any atom is -0.480 e. The van der Waals surface area contributed by atoms with E-state index in [-0.39, 0.29) is 10.6 Å². The summed E-state index contributed by atoms with van der Waals surface area (Å²) in [5.74, 6) is -3.07. The van der Waals surface area contributed by atoms with Crippen LogP contribution in [0.3, 0.4) is 0 Å². The Morgan fingerprint density at radius 1 is 1.42 bits per heavy atom. The van der Waals surface area contributed by atoms with Crippen LogP contribution in [0.5, 0.6) is 0 Å². The number of aliphatic carboxylic acids is 1. The SMILES string of the molecule is CC(C)C(C(=O)O)S(=O)(=O)Cc1ccc(F)cc1Cl. The molecule has 106 valence electrons. The third-order valence-electron chi connectivity index (χ3n) is 2.61. The average Bonchev–Trinajstić information content (AvgIpc) is 2.20. The summed E-state index contributed by atoms with van der Waals surface area (Å²) in [6, 6.07) is 3.33. The first-order valence-electron chi connectivity index (χ1n) is 5.53. The van der Waals surface area contributed by atoms with Crippen LogP contribution in [0.2, 0.25) is 5.02 Å². The largest absolute Gasteiger partial charge is 0.480 e. The van der Waals surface area contributed by atoms with Crippen LogP contribution < -0.4 is 0 Å². The average molecular weight is 309 g/mol. The van der Waals surface area contributed by atoms with Crippen LogP contribution in [0.1, 0.15) is 19.4 Å². The molecule has 4 nitrogen and oxygen atoms in total. The van der Waals surface area contributed by atoms with E-state index in [9.17, 15) is 17.6 Å². The first-order valence-corrected chi connectivity index (χ1v) is 7.63. The lowest BCUT2D eigenvalue weighted by Crippen LogP contribution is -2.35. The Kier molecular flexibility index (Phi) is 4.92. The molecule has 0 saturated carbocycles. The van der Waals surface area contributed by atoms with Gasteiger partial charge in [-0.3, -0.25) is 4.79 Å². The molecule has 0 bridgehead atoms. The van der Waals surface area contributed by atoms with Crippen LogP contribution in [0, 0.1) is 11.7 Å². The predicted molar refractivity (Wildman–Crippen MR) is 70.3 cm³/mol. The maximum absolute atomic E-state index is 12.9. The number of hydrogen-bond donors (Lipinski definition) is 1. The minimum absolute atomic E-state index is 0.0310. The number of carboxylic acid groups (broad SMARTS) is 1. The van der Waals surface area contributed by atoms with Crippen molar-refractivity contribution in [2.24, 2.45) is 5.92 Å². The Morgan fingerprint density at radius 2 is 2.00 bits per heavy atom. The van der Waals surface area contributed by atoms with Crippen LogP contribution in [-0.4, -0.2) is 24.7 Å². The monoisotopic (exact) mass is 308 g/mol. The van der Waals surface area contributed by atoms with Crippen molar-refractivity contribution in [3.05, 3.63) is 34.6 Å². The fraction of sp³-hybridized carbons (Fsp3) is 0.417. The van der Waals surface area contributed by atoms with Gasteiger partial charge in [-0.15, -0.1) is 0 Å². The first kappa shape index (κ1) is 15.9. The van der Waals surface area contributed by atoms with Crippen molar-refractivity contribution in [3.8, 4) is 0 Å². The molecule has 0 aliphatic heterocycles. The van der Waals surface area contributed by atoms with Gasteiger partial charge in [-0.25, -0.2) is 12.8 Å². The highest BCUT2D eigenvalue weighted by Crippen LogP contribution is 2.23. The number of halogens is 2. The number of carbonyl (C=O) groups is 1. The van der Waals surface area contributed by atoms with Gasteiger partial charge in [0.2, 0.25) is 0 Å². The molecular weight excluding hydrogens is 295 g/mol. The highest BCUT2D eigenvalue weighted by atomic mass is 35.5. The van der Waals surface area contributed by atoms with Crippen molar-refractivity contribution in [2.45, 2.75) is 24.9 Å². The maximum atomic E-state index is 12.9. The van der Waals surface area contributed by atoms with Crippen LogP contribution in [0.4, 0.5) is 4.39 Å². The van der Waals surface area contributed by atoms with E-state index in [1.807, 2.05) is 0 Å². The number of benzene rings is 1. The van der Waals surface area contributed by atoms with Gasteiger partial charge >= 0.3 is 5.97 Å². The lowest BCUT2D eigenvalue weighted by Gasteiger charge is -2.17. The number of rotatable bonds is 5. The number of hydrogen-bond acceptors (Lipinski definition) is 3. The summed E-state index contributed by atoms with van der Waals surface area (Å²) in [4.78, 5) is 11.0. The summed E-state index contributed by atoms with van der Waals surface area (Å²) < 4.78 is 37.0. The van der Waals surface area contributed by atoms with Gasteiger partial charge in [0, 0.05) is 5.02 Å². The van der Waals surface area contributed by atoms with E-state index < -0.39 is 38.5 Å². The smallest absolute Gasteiger partial charge is 0.322 e. The number of sulfone groups is 1. The lowest BCUT2D eigenvalue weighted by molar-refractivity contribution is -0.137. The zero-order valence-corrected chi connectivity index (χ0v) is 12.0. The molecular formula is C12H14ClFO4S. The molecule has 1 unspecified atom stereocenters. The normalized spacial score (nSPS) is 13.5. The van der Waals surface area contributed by atoms with E-state index >= 15 is 0 Å². The standard InChI is InChI=1S/C12H14ClFO4S/c1-7(2)11(12(15)16)19(17,18)6-8-3-4-9(14)5-10(8)13/h3-5,7,11H,6H2,1-2H3,(H,15,16). The van der Waals surface area contributed by atoms with Gasteiger partial charge in [0.1, 0.15) is 5.82 Å². The van der Waals surface area contributed by atoms with Crippen molar-refractivity contribution in [1.29, 1.82) is 0 Å². The fourth-order valence-corrected chi connectivity index (χ4v) is 4.11. The van der Waals surface area contributed by atoms with E-state index in [1.165, 1.54) is 19.9 Å². The zero-order chi connectivity index (χ0) is 14.8. The zero-order valence-electron chi connectivity index (χ0n) is 10.4. The first-order chi connectivity index (χ1) is 8.65. The highest BCUT2D eigenvalue weighted by Gasteiger charge is 2.35. The molecule has 1 aromatic rings. The topological polar surface area (TPSA) is 71.4 Å². The molecule has 0 radical (unpaired) electrons. The fourth-order valence-electron chi connectivity index (χ4n) is 1.80. The Hall–Kier alpha value is -1.14. The summed E-state index contributed by atoms with van der Waals surface area (Å²) in [7, 11) is -3.92. The molecule has 1 atom stereocenters. The van der Waals surface area contributed by atoms with Crippen molar-refractivity contribution in [2.75, 3.05) is 0 Å². The molecule has 19 heavy (non-hydrogen) atoms. The Labute approximate surface area is 116 Å². The van der Waals surface area contributed by atoms with E-state index in [0.29, 0.717) is 0 Å². The third-order valence-corrected chi connectivity index (χ3v) is 5.19. The quantitative estimate of drug-likeness (QED) is 0.907. The molecule has 7 heteroatoms. The number of carboxylic acids is 1. The predicted octanol–water partition coefficient (Wildman–Crippen LogP) is 2.50. The van der Waals surface area contributed by atoms with Crippen molar-refractivity contribution >= 4 is 27.4 Å². The second-order valence-electron chi connectivity index (χ2n) is 4.55. The molecule has 0 heterocycles. The van der Waals surface area contributed by atoms with Gasteiger partial charge in [-0.2, -0.15) is 0 Å². The van der Waals surface area contributed by atoms with E-state index in [4.69, 9.17) is 16.7 Å². The molecule has 1 aromatic carbocycles. The lowest BCUT2D eigenvalue weighted by atomic mass is 10.1. The summed E-state index contributed by atoms with van der Waals surface area (Å²) in [5, 5.41) is 7.46. The van der Waals surface area contributed by atoms with Crippen LogP contribution in [0.25, 0.3) is 0 Å². The van der Waals surface area contributed by atoms with Crippen LogP contribution >= 0.6 is 11.6 Å². The molecule has 1 rings (SSSR count). The minimum atomic E-state index is -3.92. The van der Waals surface area contributed by atoms with Crippen molar-refractivity contribution < 1.29 is 22.7 Å². The molecule has 0 aliphatic rings. The molecule has 0 aromatic heterocycles. The Morgan fingerprint density at radius 3 is 2.42 bits per heavy atom. The van der Waals surface area contributed by atoms with Gasteiger partial charge in [-0.1, -0.05) is 31.5 Å². The van der Waals surface area contributed by atoms with Gasteiger partial charge in [0.25, 0.3) is 0 Å². The van der Waals surface area contributed by atoms with E-state index in [0.717, 1.165) is 12.1 Å². The Bertz CT molecular complexity index is 583. The van der Waals surface area contributed by atoms with Gasteiger partial charge in [-0.05, 0) is 23.6 Å². The van der Waals surface area contributed by atoms with Gasteiger partial charge in [0.15, 0.2) is 15.1 Å². The van der Waals surface area contributed by atoms with Crippen LogP contribution in [-0.2, 0) is 20.4 Å². The third kappa shape index (κ3) is 3.91. The second kappa shape index (κ2) is 5.88. The van der Waals surface area contributed by atoms with Gasteiger partial charge < -0.3 is 5.11 Å². The molecule has 0 fully saturated rings. The summed E-state index contributed by atoms with van der Waals surface area (Å²) in [6.07, 6.45) is 0. The molecule has 0 aliphatic carbocycles. The van der Waals surface area contributed by atoms with Crippen molar-refractivity contribution in [3.63, 3.8) is 0 Å². The maximum Gasteiger partial charge on any atom is 0.322 e. The van der Waals surface area contributed by atoms with E-state index in [2.05, 4.69) is 0 Å². The summed E-state index contributed by atoms with van der Waals surface area (Å²) in [5.41, 5.74) is 0.190.